The summed E-state index contributed by atoms with van der Waals surface area (Å²) in [4.78, 5) is 11.6. The van der Waals surface area contributed by atoms with Gasteiger partial charge in [-0.25, -0.2) is 4.79 Å². The maximum Gasteiger partial charge on any atom is 0.407 e. The molecule has 116 valence electrons. The van der Waals surface area contributed by atoms with Gasteiger partial charge in [-0.05, 0) is 74.4 Å². The van der Waals surface area contributed by atoms with Crippen molar-refractivity contribution in [2.24, 2.45) is 0 Å². The van der Waals surface area contributed by atoms with E-state index in [2.05, 4.69) is 33.2 Å². The highest BCUT2D eigenvalue weighted by Gasteiger charge is 2.31. The number of ether oxygens (including phenoxy) is 1. The van der Waals surface area contributed by atoms with Crippen LogP contribution in [0.3, 0.4) is 0 Å². The number of benzene rings is 1. The second-order valence-electron chi connectivity index (χ2n) is 6.28. The largest absolute Gasteiger partial charge is 0.444 e. The highest BCUT2D eigenvalue weighted by molar-refractivity contribution is 14.1. The van der Waals surface area contributed by atoms with Crippen molar-refractivity contribution in [1.29, 1.82) is 0 Å². The summed E-state index contributed by atoms with van der Waals surface area (Å²) in [7, 11) is 0. The molecule has 0 spiro atoms. The summed E-state index contributed by atoms with van der Waals surface area (Å²) >= 11 is 8.20. The Labute approximate surface area is 144 Å². The predicted molar refractivity (Wildman–Crippen MR) is 94.0 cm³/mol. The van der Waals surface area contributed by atoms with Gasteiger partial charge in [-0.3, -0.25) is 0 Å². The Morgan fingerprint density at radius 1 is 1.33 bits per heavy atom. The Morgan fingerprint density at radius 3 is 2.57 bits per heavy atom. The van der Waals surface area contributed by atoms with Crippen LogP contribution in [-0.4, -0.2) is 23.8 Å². The molecule has 0 radical (unpaired) electrons. The van der Waals surface area contributed by atoms with Crippen molar-refractivity contribution in [3.05, 3.63) is 26.8 Å². The number of hydrogen-bond acceptors (Lipinski definition) is 3. The van der Waals surface area contributed by atoms with Crippen molar-refractivity contribution in [1.82, 2.24) is 5.32 Å². The lowest BCUT2D eigenvalue weighted by molar-refractivity contribution is 0.0475. The molecule has 1 fully saturated rings. The number of halogens is 2. The van der Waals surface area contributed by atoms with Crippen LogP contribution in [0, 0.1) is 3.57 Å². The van der Waals surface area contributed by atoms with Crippen molar-refractivity contribution < 1.29 is 9.53 Å². The highest BCUT2D eigenvalue weighted by atomic mass is 127. The van der Waals surface area contributed by atoms with E-state index >= 15 is 0 Å². The molecule has 0 heterocycles. The van der Waals surface area contributed by atoms with Gasteiger partial charge in [0, 0.05) is 26.4 Å². The molecular weight excluding hydrogens is 403 g/mol. The Balaban J connectivity index is 1.75. The second kappa shape index (κ2) is 6.60. The van der Waals surface area contributed by atoms with Gasteiger partial charge in [-0.1, -0.05) is 11.6 Å². The lowest BCUT2D eigenvalue weighted by Gasteiger charge is -2.37. The van der Waals surface area contributed by atoms with Crippen molar-refractivity contribution in [2.75, 3.05) is 5.32 Å². The van der Waals surface area contributed by atoms with Gasteiger partial charge in [0.1, 0.15) is 5.60 Å². The zero-order chi connectivity index (χ0) is 15.6. The Hall–Kier alpha value is -0.690. The fraction of sp³-hybridized carbons (Fsp3) is 0.533. The van der Waals surface area contributed by atoms with Gasteiger partial charge < -0.3 is 15.4 Å². The minimum Gasteiger partial charge on any atom is -0.444 e. The molecule has 21 heavy (non-hydrogen) atoms. The van der Waals surface area contributed by atoms with Crippen molar-refractivity contribution in [3.63, 3.8) is 0 Å². The fourth-order valence-corrected chi connectivity index (χ4v) is 3.18. The van der Waals surface area contributed by atoms with Crippen LogP contribution < -0.4 is 10.6 Å². The van der Waals surface area contributed by atoms with Gasteiger partial charge in [0.2, 0.25) is 0 Å². The molecule has 0 atom stereocenters. The number of hydrogen-bond donors (Lipinski definition) is 2. The Morgan fingerprint density at radius 2 is 2.00 bits per heavy atom. The number of rotatable bonds is 3. The summed E-state index contributed by atoms with van der Waals surface area (Å²) in [5.41, 5.74) is 0.631. The lowest BCUT2D eigenvalue weighted by Crippen LogP contribution is -2.50. The van der Waals surface area contributed by atoms with Crippen molar-refractivity contribution in [2.45, 2.75) is 51.3 Å². The zero-order valence-electron chi connectivity index (χ0n) is 12.4. The van der Waals surface area contributed by atoms with E-state index in [0.717, 1.165) is 27.1 Å². The summed E-state index contributed by atoms with van der Waals surface area (Å²) in [6.07, 6.45) is 1.46. The molecule has 1 aliphatic carbocycles. The molecule has 0 saturated heterocycles. The molecule has 0 unspecified atom stereocenters. The maximum atomic E-state index is 11.6. The average Bonchev–Trinajstić information content (AvgIpc) is 2.26. The van der Waals surface area contributed by atoms with Gasteiger partial charge in [-0.15, -0.1) is 0 Å². The first-order chi connectivity index (χ1) is 9.73. The molecular formula is C15H20ClIN2O2. The average molecular weight is 423 g/mol. The summed E-state index contributed by atoms with van der Waals surface area (Å²) < 4.78 is 6.34. The van der Waals surface area contributed by atoms with E-state index in [1.807, 2.05) is 39.0 Å². The van der Waals surface area contributed by atoms with Crippen LogP contribution in [0.15, 0.2) is 18.2 Å². The number of nitrogens with one attached hydrogen (secondary N) is 2. The van der Waals surface area contributed by atoms with E-state index < -0.39 is 5.60 Å². The number of carbonyl (C=O) groups excluding carboxylic acids is 1. The lowest BCUT2D eigenvalue weighted by atomic mass is 9.86. The summed E-state index contributed by atoms with van der Waals surface area (Å²) in [6, 6.07) is 6.35. The van der Waals surface area contributed by atoms with Crippen LogP contribution in [0.4, 0.5) is 10.5 Å². The summed E-state index contributed by atoms with van der Waals surface area (Å²) in [5.74, 6) is 0. The van der Waals surface area contributed by atoms with Gasteiger partial charge in [0.15, 0.2) is 0 Å². The fourth-order valence-electron chi connectivity index (χ4n) is 2.15. The SMILES string of the molecule is CC(C)(C)OC(=O)NC1CC(Nc2ccc(Cl)cc2I)C1. The third-order valence-electron chi connectivity index (χ3n) is 3.15. The van der Waals surface area contributed by atoms with Crippen molar-refractivity contribution in [3.8, 4) is 0 Å². The van der Waals surface area contributed by atoms with Crippen LogP contribution >= 0.6 is 34.2 Å². The van der Waals surface area contributed by atoms with E-state index in [1.165, 1.54) is 0 Å². The normalized spacial score (nSPS) is 21.4. The number of anilines is 1. The molecule has 6 heteroatoms. The molecule has 4 nitrogen and oxygen atoms in total. The van der Waals surface area contributed by atoms with Crippen molar-refractivity contribution >= 4 is 46.0 Å². The van der Waals surface area contributed by atoms with Crippen LogP contribution in [0.1, 0.15) is 33.6 Å². The van der Waals surface area contributed by atoms with E-state index in [4.69, 9.17) is 16.3 Å². The monoisotopic (exact) mass is 422 g/mol. The van der Waals surface area contributed by atoms with Crippen LogP contribution in [-0.2, 0) is 4.74 Å². The third-order valence-corrected chi connectivity index (χ3v) is 4.28. The molecule has 1 aromatic rings. The molecule has 2 rings (SSSR count). The van der Waals surface area contributed by atoms with Gasteiger partial charge >= 0.3 is 6.09 Å². The number of carbonyl (C=O) groups is 1. The first-order valence-corrected chi connectivity index (χ1v) is 8.40. The van der Waals surface area contributed by atoms with Gasteiger partial charge in [0.25, 0.3) is 0 Å². The highest BCUT2D eigenvalue weighted by Crippen LogP contribution is 2.28. The number of amides is 1. The maximum absolute atomic E-state index is 11.6. The van der Waals surface area contributed by atoms with Gasteiger partial charge in [-0.2, -0.15) is 0 Å². The summed E-state index contributed by atoms with van der Waals surface area (Å²) in [6.45, 7) is 5.58. The molecule has 0 bridgehead atoms. The molecule has 1 saturated carbocycles. The first-order valence-electron chi connectivity index (χ1n) is 6.94. The Kier molecular flexibility index (Phi) is 5.24. The van der Waals surface area contributed by atoms with E-state index in [1.54, 1.807) is 0 Å². The van der Waals surface area contributed by atoms with Crippen LogP contribution in [0.2, 0.25) is 5.02 Å². The quantitative estimate of drug-likeness (QED) is 0.709. The molecule has 1 aliphatic rings. The molecule has 0 aliphatic heterocycles. The second-order valence-corrected chi connectivity index (χ2v) is 7.88. The summed E-state index contributed by atoms with van der Waals surface area (Å²) in [5, 5.41) is 7.09. The third kappa shape index (κ3) is 5.21. The van der Waals surface area contributed by atoms with Crippen LogP contribution in [0.5, 0.6) is 0 Å². The standard InChI is InChI=1S/C15H20ClIN2O2/c1-15(2,3)21-14(20)19-11-7-10(8-11)18-13-5-4-9(16)6-12(13)17/h4-6,10-11,18H,7-8H2,1-3H3,(H,19,20). The topological polar surface area (TPSA) is 50.4 Å². The molecule has 0 aromatic heterocycles. The zero-order valence-corrected chi connectivity index (χ0v) is 15.3. The first kappa shape index (κ1) is 16.7. The number of alkyl carbamates (subject to hydrolysis) is 1. The minimum atomic E-state index is -0.453. The van der Waals surface area contributed by atoms with E-state index in [0.29, 0.717) is 6.04 Å². The van der Waals surface area contributed by atoms with Crippen LogP contribution in [0.25, 0.3) is 0 Å². The minimum absolute atomic E-state index is 0.183. The molecule has 1 aromatic carbocycles. The van der Waals surface area contributed by atoms with E-state index in [-0.39, 0.29) is 12.1 Å². The predicted octanol–water partition coefficient (Wildman–Crippen LogP) is 4.41. The van der Waals surface area contributed by atoms with Gasteiger partial charge in [0.05, 0.1) is 0 Å². The smallest absolute Gasteiger partial charge is 0.407 e. The molecule has 2 N–H and O–H groups in total. The molecule has 1 amide bonds. The van der Waals surface area contributed by atoms with E-state index in [9.17, 15) is 4.79 Å². The Bertz CT molecular complexity index is 525.